The van der Waals surface area contributed by atoms with E-state index < -0.39 is 0 Å². The van der Waals surface area contributed by atoms with E-state index >= 15 is 0 Å². The average molecular weight is 265 g/mol. The maximum atomic E-state index is 4.65. The minimum absolute atomic E-state index is 0.925. The van der Waals surface area contributed by atoms with Gasteiger partial charge in [0.05, 0.1) is 5.69 Å². The van der Waals surface area contributed by atoms with Gasteiger partial charge in [-0.05, 0) is 27.3 Å². The van der Waals surface area contributed by atoms with Crippen LogP contribution in [-0.2, 0) is 13.1 Å². The zero-order chi connectivity index (χ0) is 14.1. The SMILES string of the molecule is CCCCCCCCCn1nc(C)c(CNC)c1C. The number of hydrogen-bond acceptors (Lipinski definition) is 2. The number of aromatic nitrogens is 2. The van der Waals surface area contributed by atoms with Crippen molar-refractivity contribution in [3.05, 3.63) is 17.0 Å². The molecule has 0 radical (unpaired) electrons. The zero-order valence-electron chi connectivity index (χ0n) is 13.3. The van der Waals surface area contributed by atoms with E-state index in [9.17, 15) is 0 Å². The van der Waals surface area contributed by atoms with Crippen molar-refractivity contribution >= 4 is 0 Å². The van der Waals surface area contributed by atoms with Crippen molar-refractivity contribution in [1.29, 1.82) is 0 Å². The van der Waals surface area contributed by atoms with Crippen molar-refractivity contribution in [3.8, 4) is 0 Å². The van der Waals surface area contributed by atoms with E-state index in [2.05, 4.69) is 35.9 Å². The molecular formula is C16H31N3. The fourth-order valence-electron chi connectivity index (χ4n) is 2.60. The fraction of sp³-hybridized carbons (Fsp3) is 0.812. The van der Waals surface area contributed by atoms with Crippen LogP contribution in [0.1, 0.15) is 68.8 Å². The molecule has 0 amide bonds. The molecule has 1 N–H and O–H groups in total. The molecule has 19 heavy (non-hydrogen) atoms. The van der Waals surface area contributed by atoms with Gasteiger partial charge < -0.3 is 5.32 Å². The molecule has 1 heterocycles. The van der Waals surface area contributed by atoms with Crippen LogP contribution in [0.5, 0.6) is 0 Å². The Kier molecular flexibility index (Phi) is 7.80. The highest BCUT2D eigenvalue weighted by Crippen LogP contribution is 2.14. The molecule has 0 bridgehead atoms. The van der Waals surface area contributed by atoms with Crippen molar-refractivity contribution in [2.24, 2.45) is 0 Å². The van der Waals surface area contributed by atoms with E-state index in [0.29, 0.717) is 0 Å². The summed E-state index contributed by atoms with van der Waals surface area (Å²) in [4.78, 5) is 0. The second-order valence-corrected chi connectivity index (χ2v) is 5.52. The maximum absolute atomic E-state index is 4.65. The molecule has 0 aliphatic rings. The largest absolute Gasteiger partial charge is 0.316 e. The molecule has 0 saturated carbocycles. The van der Waals surface area contributed by atoms with Crippen LogP contribution in [0, 0.1) is 13.8 Å². The Balaban J connectivity index is 2.28. The van der Waals surface area contributed by atoms with Gasteiger partial charge in [-0.25, -0.2) is 0 Å². The first-order valence-electron chi connectivity index (χ1n) is 7.88. The molecule has 1 rings (SSSR count). The highest BCUT2D eigenvalue weighted by molar-refractivity contribution is 5.24. The van der Waals surface area contributed by atoms with Gasteiger partial charge in [-0.2, -0.15) is 5.10 Å². The lowest BCUT2D eigenvalue weighted by Gasteiger charge is -2.05. The summed E-state index contributed by atoms with van der Waals surface area (Å²) in [6, 6.07) is 0. The number of hydrogen-bond donors (Lipinski definition) is 1. The normalized spacial score (nSPS) is 11.2. The molecule has 0 aromatic carbocycles. The van der Waals surface area contributed by atoms with Crippen molar-refractivity contribution in [3.63, 3.8) is 0 Å². The Morgan fingerprint density at radius 1 is 1.00 bits per heavy atom. The second kappa shape index (κ2) is 9.13. The van der Waals surface area contributed by atoms with E-state index in [0.717, 1.165) is 13.1 Å². The first-order chi connectivity index (χ1) is 9.20. The van der Waals surface area contributed by atoms with Crippen molar-refractivity contribution in [2.75, 3.05) is 7.05 Å². The van der Waals surface area contributed by atoms with Gasteiger partial charge in [0.1, 0.15) is 0 Å². The summed E-state index contributed by atoms with van der Waals surface area (Å²) in [5, 5.41) is 7.87. The molecular weight excluding hydrogens is 234 g/mol. The van der Waals surface area contributed by atoms with Gasteiger partial charge in [-0.3, -0.25) is 4.68 Å². The van der Waals surface area contributed by atoms with Gasteiger partial charge in [0, 0.05) is 24.3 Å². The van der Waals surface area contributed by atoms with Gasteiger partial charge in [-0.1, -0.05) is 45.4 Å². The highest BCUT2D eigenvalue weighted by Gasteiger charge is 2.09. The molecule has 110 valence electrons. The first-order valence-corrected chi connectivity index (χ1v) is 7.88. The lowest BCUT2D eigenvalue weighted by atomic mass is 10.1. The Labute approximate surface area is 118 Å². The molecule has 0 aliphatic carbocycles. The molecule has 3 heteroatoms. The van der Waals surface area contributed by atoms with Crippen LogP contribution in [0.3, 0.4) is 0 Å². The van der Waals surface area contributed by atoms with Gasteiger partial charge in [-0.15, -0.1) is 0 Å². The molecule has 3 nitrogen and oxygen atoms in total. The monoisotopic (exact) mass is 265 g/mol. The lowest BCUT2D eigenvalue weighted by molar-refractivity contribution is 0.514. The maximum Gasteiger partial charge on any atom is 0.0641 e. The van der Waals surface area contributed by atoms with E-state index in [-0.39, 0.29) is 0 Å². The molecule has 1 aromatic heterocycles. The van der Waals surface area contributed by atoms with Crippen molar-refractivity contribution < 1.29 is 0 Å². The molecule has 0 fully saturated rings. The number of aryl methyl sites for hydroxylation is 2. The summed E-state index contributed by atoms with van der Waals surface area (Å²) in [5.74, 6) is 0. The molecule has 0 saturated heterocycles. The van der Waals surface area contributed by atoms with Gasteiger partial charge in [0.2, 0.25) is 0 Å². The van der Waals surface area contributed by atoms with E-state index in [1.165, 1.54) is 61.9 Å². The molecule has 0 atom stereocenters. The zero-order valence-corrected chi connectivity index (χ0v) is 13.3. The van der Waals surface area contributed by atoms with Gasteiger partial charge in [0.25, 0.3) is 0 Å². The average Bonchev–Trinajstić information content (AvgIpc) is 2.66. The Morgan fingerprint density at radius 2 is 1.63 bits per heavy atom. The van der Waals surface area contributed by atoms with Gasteiger partial charge >= 0.3 is 0 Å². The van der Waals surface area contributed by atoms with Crippen LogP contribution in [-0.4, -0.2) is 16.8 Å². The predicted molar refractivity (Wildman–Crippen MR) is 82.5 cm³/mol. The summed E-state index contributed by atoms with van der Waals surface area (Å²) in [7, 11) is 1.99. The minimum atomic E-state index is 0.925. The van der Waals surface area contributed by atoms with Crippen LogP contribution in [0.2, 0.25) is 0 Å². The Hall–Kier alpha value is -0.830. The Morgan fingerprint density at radius 3 is 2.26 bits per heavy atom. The Bertz CT molecular complexity index is 355. The minimum Gasteiger partial charge on any atom is -0.316 e. The summed E-state index contributed by atoms with van der Waals surface area (Å²) < 4.78 is 2.19. The quantitative estimate of drug-likeness (QED) is 0.649. The molecule has 0 aliphatic heterocycles. The number of rotatable bonds is 10. The molecule has 1 aromatic rings. The van der Waals surface area contributed by atoms with E-state index in [4.69, 9.17) is 0 Å². The third-order valence-electron chi connectivity index (χ3n) is 3.86. The van der Waals surface area contributed by atoms with Crippen LogP contribution in [0.25, 0.3) is 0 Å². The fourth-order valence-corrected chi connectivity index (χ4v) is 2.60. The summed E-state index contributed by atoms with van der Waals surface area (Å²) in [6.07, 6.45) is 9.50. The molecule has 0 spiro atoms. The van der Waals surface area contributed by atoms with Crippen molar-refractivity contribution in [2.45, 2.75) is 78.8 Å². The highest BCUT2D eigenvalue weighted by atomic mass is 15.3. The van der Waals surface area contributed by atoms with Crippen LogP contribution in [0.4, 0.5) is 0 Å². The van der Waals surface area contributed by atoms with E-state index in [1.807, 2.05) is 7.05 Å². The summed E-state index contributed by atoms with van der Waals surface area (Å²) >= 11 is 0. The third kappa shape index (κ3) is 5.35. The second-order valence-electron chi connectivity index (χ2n) is 5.52. The topological polar surface area (TPSA) is 29.9 Å². The van der Waals surface area contributed by atoms with Crippen LogP contribution in [0.15, 0.2) is 0 Å². The number of nitrogens with zero attached hydrogens (tertiary/aromatic N) is 2. The lowest BCUT2D eigenvalue weighted by Crippen LogP contribution is -2.08. The summed E-state index contributed by atoms with van der Waals surface area (Å²) in [6.45, 7) is 8.57. The molecule has 0 unspecified atom stereocenters. The van der Waals surface area contributed by atoms with Gasteiger partial charge in [0.15, 0.2) is 0 Å². The third-order valence-corrected chi connectivity index (χ3v) is 3.86. The number of nitrogens with one attached hydrogen (secondary N) is 1. The van der Waals surface area contributed by atoms with Crippen LogP contribution >= 0.6 is 0 Å². The number of unbranched alkanes of at least 4 members (excludes halogenated alkanes) is 6. The van der Waals surface area contributed by atoms with Crippen LogP contribution < -0.4 is 5.32 Å². The smallest absolute Gasteiger partial charge is 0.0641 e. The van der Waals surface area contributed by atoms with E-state index in [1.54, 1.807) is 0 Å². The first kappa shape index (κ1) is 16.2. The van der Waals surface area contributed by atoms with Crippen molar-refractivity contribution in [1.82, 2.24) is 15.1 Å². The standard InChI is InChI=1S/C16H31N3/c1-5-6-7-8-9-10-11-12-19-15(3)16(13-17-4)14(2)18-19/h17H,5-13H2,1-4H3. The predicted octanol–water partition coefficient (Wildman–Crippen LogP) is 3.97. The summed E-state index contributed by atoms with van der Waals surface area (Å²) in [5.41, 5.74) is 3.87.